The summed E-state index contributed by atoms with van der Waals surface area (Å²) in [7, 11) is 0. The summed E-state index contributed by atoms with van der Waals surface area (Å²) >= 11 is 0. The molecule has 0 atom stereocenters. The maximum atomic E-state index is 12.5. The van der Waals surface area contributed by atoms with Crippen LogP contribution in [0.2, 0.25) is 0 Å². The van der Waals surface area contributed by atoms with E-state index in [2.05, 4.69) is 15.2 Å². The van der Waals surface area contributed by atoms with Crippen LogP contribution in [0.1, 0.15) is 16.9 Å². The van der Waals surface area contributed by atoms with Gasteiger partial charge in [0.25, 0.3) is 5.91 Å². The average Bonchev–Trinajstić information content (AvgIpc) is 2.52. The van der Waals surface area contributed by atoms with Gasteiger partial charge in [0.2, 0.25) is 0 Å². The lowest BCUT2D eigenvalue weighted by atomic mass is 10.1. The predicted octanol–water partition coefficient (Wildman–Crippen LogP) is 1.18. The topological polar surface area (TPSA) is 74.7 Å². The molecule has 0 aliphatic carbocycles. The molecule has 1 saturated heterocycles. The zero-order valence-electron chi connectivity index (χ0n) is 13.0. The first-order valence-electron chi connectivity index (χ1n) is 7.91. The van der Waals surface area contributed by atoms with Crippen molar-refractivity contribution in [2.75, 3.05) is 44.4 Å². The minimum atomic E-state index is -0.190. The van der Waals surface area contributed by atoms with Crippen molar-refractivity contribution in [3.05, 3.63) is 36.0 Å². The molecule has 0 saturated carbocycles. The van der Waals surface area contributed by atoms with E-state index in [1.165, 1.54) is 0 Å². The first kappa shape index (κ1) is 15.7. The fourth-order valence-electron chi connectivity index (χ4n) is 2.56. The van der Waals surface area contributed by atoms with E-state index in [1.54, 1.807) is 0 Å². The smallest absolute Gasteiger partial charge is 0.272 e. The maximum Gasteiger partial charge on any atom is 0.272 e. The van der Waals surface area contributed by atoms with Gasteiger partial charge < -0.3 is 20.1 Å². The number of ether oxygens (including phenoxy) is 1. The fraction of sp³-hybridized carbons (Fsp3) is 0.412. The summed E-state index contributed by atoms with van der Waals surface area (Å²) in [4.78, 5) is 19.2. The summed E-state index contributed by atoms with van der Waals surface area (Å²) in [6.07, 6.45) is 1.14. The first-order chi connectivity index (χ1) is 11.3. The molecule has 2 N–H and O–H groups in total. The minimum absolute atomic E-state index is 0.0146. The standard InChI is InChI=1S/C17H21N3O3/c21-9-11-23-10-6-18-17(22)16-15(20-7-3-8-20)12-13-4-1-2-5-14(13)19-16/h1-2,4-5,12,21H,3,6-11H2,(H,18,22). The van der Waals surface area contributed by atoms with Crippen LogP contribution >= 0.6 is 0 Å². The van der Waals surface area contributed by atoms with E-state index in [-0.39, 0.29) is 19.1 Å². The van der Waals surface area contributed by atoms with Gasteiger partial charge in [-0.05, 0) is 18.6 Å². The van der Waals surface area contributed by atoms with Crippen LogP contribution in [0.5, 0.6) is 0 Å². The summed E-state index contributed by atoms with van der Waals surface area (Å²) < 4.78 is 5.15. The van der Waals surface area contributed by atoms with Gasteiger partial charge in [0, 0.05) is 25.0 Å². The van der Waals surface area contributed by atoms with E-state index in [9.17, 15) is 4.79 Å². The number of aliphatic hydroxyl groups excluding tert-OH is 1. The number of anilines is 1. The van der Waals surface area contributed by atoms with Crippen molar-refractivity contribution in [1.82, 2.24) is 10.3 Å². The second-order valence-corrected chi connectivity index (χ2v) is 5.48. The molecule has 0 unspecified atom stereocenters. The monoisotopic (exact) mass is 315 g/mol. The largest absolute Gasteiger partial charge is 0.394 e. The van der Waals surface area contributed by atoms with Gasteiger partial charge in [-0.2, -0.15) is 0 Å². The van der Waals surface area contributed by atoms with Crippen molar-refractivity contribution in [2.45, 2.75) is 6.42 Å². The molecule has 1 aromatic carbocycles. The number of amides is 1. The van der Waals surface area contributed by atoms with E-state index in [0.717, 1.165) is 36.1 Å². The summed E-state index contributed by atoms with van der Waals surface area (Å²) in [5.41, 5.74) is 2.17. The van der Waals surface area contributed by atoms with Crippen LogP contribution in [0.25, 0.3) is 10.9 Å². The highest BCUT2D eigenvalue weighted by atomic mass is 16.5. The molecule has 2 heterocycles. The van der Waals surface area contributed by atoms with Gasteiger partial charge in [-0.15, -0.1) is 0 Å². The van der Waals surface area contributed by atoms with E-state index in [1.807, 2.05) is 30.3 Å². The Hall–Kier alpha value is -2.18. The average molecular weight is 315 g/mol. The number of aromatic nitrogens is 1. The summed E-state index contributed by atoms with van der Waals surface area (Å²) in [5, 5.41) is 12.5. The van der Waals surface area contributed by atoms with Crippen molar-refractivity contribution in [1.29, 1.82) is 0 Å². The molecule has 1 aliphatic heterocycles. The highest BCUT2D eigenvalue weighted by Gasteiger charge is 2.23. The fourth-order valence-corrected chi connectivity index (χ4v) is 2.56. The third kappa shape index (κ3) is 3.60. The zero-order chi connectivity index (χ0) is 16.1. The number of nitrogens with one attached hydrogen (secondary N) is 1. The second-order valence-electron chi connectivity index (χ2n) is 5.48. The number of benzene rings is 1. The Labute approximate surface area is 135 Å². The normalized spacial score (nSPS) is 13.9. The van der Waals surface area contributed by atoms with Crippen LogP contribution < -0.4 is 10.2 Å². The van der Waals surface area contributed by atoms with Crippen LogP contribution in [-0.4, -0.2) is 55.5 Å². The number of hydrogen-bond acceptors (Lipinski definition) is 5. The lowest BCUT2D eigenvalue weighted by Crippen LogP contribution is -2.39. The molecule has 0 spiro atoms. The lowest BCUT2D eigenvalue weighted by Gasteiger charge is -2.34. The van der Waals surface area contributed by atoms with Gasteiger partial charge >= 0.3 is 0 Å². The maximum absolute atomic E-state index is 12.5. The first-order valence-corrected chi connectivity index (χ1v) is 7.91. The van der Waals surface area contributed by atoms with Gasteiger partial charge in [-0.25, -0.2) is 4.98 Å². The predicted molar refractivity (Wildman–Crippen MR) is 88.8 cm³/mol. The quantitative estimate of drug-likeness (QED) is 0.751. The SMILES string of the molecule is O=C(NCCOCCO)c1nc2ccccc2cc1N1CCC1. The van der Waals surface area contributed by atoms with Crippen molar-refractivity contribution in [2.24, 2.45) is 0 Å². The molecule has 6 heteroatoms. The Morgan fingerprint density at radius 1 is 1.30 bits per heavy atom. The van der Waals surface area contributed by atoms with Gasteiger partial charge in [0.15, 0.2) is 5.69 Å². The molecule has 1 fully saturated rings. The van der Waals surface area contributed by atoms with Crippen LogP contribution in [-0.2, 0) is 4.74 Å². The molecule has 122 valence electrons. The van der Waals surface area contributed by atoms with Gasteiger partial charge in [0.1, 0.15) is 0 Å². The highest BCUT2D eigenvalue weighted by Crippen LogP contribution is 2.27. The summed E-state index contributed by atoms with van der Waals surface area (Å²) in [6.45, 7) is 2.95. The number of pyridine rings is 1. The van der Waals surface area contributed by atoms with Crippen molar-refractivity contribution in [3.8, 4) is 0 Å². The van der Waals surface area contributed by atoms with Gasteiger partial charge in [0.05, 0.1) is 31.0 Å². The molecule has 0 radical (unpaired) electrons. The Kier molecular flexibility index (Phi) is 5.05. The molecule has 3 rings (SSSR count). The number of hydrogen-bond donors (Lipinski definition) is 2. The number of aliphatic hydroxyl groups is 1. The third-order valence-electron chi connectivity index (χ3n) is 3.88. The molecule has 6 nitrogen and oxygen atoms in total. The highest BCUT2D eigenvalue weighted by molar-refractivity contribution is 6.01. The Bertz CT molecular complexity index is 686. The van der Waals surface area contributed by atoms with Crippen LogP contribution in [0.3, 0.4) is 0 Å². The number of fused-ring (bicyclic) bond motifs is 1. The summed E-state index contributed by atoms with van der Waals surface area (Å²) in [5.74, 6) is -0.190. The molecular weight excluding hydrogens is 294 g/mol. The summed E-state index contributed by atoms with van der Waals surface area (Å²) in [6, 6.07) is 9.86. The molecule has 0 bridgehead atoms. The van der Waals surface area contributed by atoms with Crippen LogP contribution in [0.15, 0.2) is 30.3 Å². The third-order valence-corrected chi connectivity index (χ3v) is 3.88. The van der Waals surface area contributed by atoms with E-state index in [0.29, 0.717) is 18.8 Å². The van der Waals surface area contributed by atoms with E-state index < -0.39 is 0 Å². The van der Waals surface area contributed by atoms with Crippen LogP contribution in [0, 0.1) is 0 Å². The van der Waals surface area contributed by atoms with Crippen molar-refractivity contribution >= 4 is 22.5 Å². The number of carbonyl (C=O) groups excluding carboxylic acids is 1. The zero-order valence-corrected chi connectivity index (χ0v) is 13.0. The van der Waals surface area contributed by atoms with Crippen LogP contribution in [0.4, 0.5) is 5.69 Å². The Morgan fingerprint density at radius 2 is 2.13 bits per heavy atom. The minimum Gasteiger partial charge on any atom is -0.394 e. The molecule has 2 aromatic rings. The number of nitrogens with zero attached hydrogens (tertiary/aromatic N) is 2. The number of rotatable bonds is 7. The van der Waals surface area contributed by atoms with E-state index in [4.69, 9.17) is 9.84 Å². The number of carbonyl (C=O) groups is 1. The second kappa shape index (κ2) is 7.39. The van der Waals surface area contributed by atoms with Crippen molar-refractivity contribution < 1.29 is 14.6 Å². The lowest BCUT2D eigenvalue weighted by molar-refractivity contribution is 0.0835. The molecule has 23 heavy (non-hydrogen) atoms. The van der Waals surface area contributed by atoms with Gasteiger partial charge in [-0.3, -0.25) is 4.79 Å². The molecule has 1 amide bonds. The van der Waals surface area contributed by atoms with Crippen molar-refractivity contribution in [3.63, 3.8) is 0 Å². The molecular formula is C17H21N3O3. The molecule has 1 aromatic heterocycles. The van der Waals surface area contributed by atoms with E-state index >= 15 is 0 Å². The Balaban J connectivity index is 1.78. The number of para-hydroxylation sites is 1. The Morgan fingerprint density at radius 3 is 2.87 bits per heavy atom. The molecule has 1 aliphatic rings. The van der Waals surface area contributed by atoms with Gasteiger partial charge in [-0.1, -0.05) is 18.2 Å².